The van der Waals surface area contributed by atoms with Crippen molar-refractivity contribution >= 4 is 22.0 Å². The molecule has 0 atom stereocenters. The second-order valence-electron chi connectivity index (χ2n) is 2.76. The third-order valence-corrected chi connectivity index (χ3v) is 2.16. The smallest absolute Gasteiger partial charge is 0.183 e. The molecule has 0 N–H and O–H groups in total. The molecule has 0 amide bonds. The van der Waals surface area contributed by atoms with E-state index in [9.17, 15) is 0 Å². The standard InChI is InChI=1S/C11H13BrO2/c1-13-11(14-2)10-5-3-9(4-6-10)7-8-12/h3-8,11H,1-2H3/b8-7+. The number of hydrogen-bond acceptors (Lipinski definition) is 2. The zero-order valence-electron chi connectivity index (χ0n) is 8.24. The van der Waals surface area contributed by atoms with Gasteiger partial charge in [0.1, 0.15) is 0 Å². The van der Waals surface area contributed by atoms with E-state index in [2.05, 4.69) is 15.9 Å². The first-order chi connectivity index (χ1) is 6.81. The minimum Gasteiger partial charge on any atom is -0.352 e. The van der Waals surface area contributed by atoms with Crippen molar-refractivity contribution in [2.75, 3.05) is 14.2 Å². The summed E-state index contributed by atoms with van der Waals surface area (Å²) >= 11 is 3.23. The molecule has 3 heteroatoms. The molecule has 0 aliphatic rings. The van der Waals surface area contributed by atoms with E-state index in [1.807, 2.05) is 35.3 Å². The Hall–Kier alpha value is -0.640. The normalized spacial score (nSPS) is 11.4. The molecule has 14 heavy (non-hydrogen) atoms. The lowest BCUT2D eigenvalue weighted by atomic mass is 10.1. The maximum Gasteiger partial charge on any atom is 0.183 e. The Bertz CT molecular complexity index is 289. The molecule has 0 bridgehead atoms. The molecule has 0 aliphatic heterocycles. The summed E-state index contributed by atoms with van der Waals surface area (Å²) in [5.74, 6) is 0. The van der Waals surface area contributed by atoms with Crippen molar-refractivity contribution in [3.63, 3.8) is 0 Å². The number of benzene rings is 1. The molecule has 0 saturated heterocycles. The first-order valence-corrected chi connectivity index (χ1v) is 5.15. The van der Waals surface area contributed by atoms with Crippen LogP contribution in [-0.2, 0) is 9.47 Å². The van der Waals surface area contributed by atoms with Gasteiger partial charge in [-0.2, -0.15) is 0 Å². The van der Waals surface area contributed by atoms with Crippen LogP contribution >= 0.6 is 15.9 Å². The molecule has 0 unspecified atom stereocenters. The average molecular weight is 257 g/mol. The van der Waals surface area contributed by atoms with Crippen molar-refractivity contribution in [1.29, 1.82) is 0 Å². The van der Waals surface area contributed by atoms with Gasteiger partial charge in [-0.3, -0.25) is 0 Å². The minimum atomic E-state index is -0.281. The van der Waals surface area contributed by atoms with Crippen LogP contribution in [0.1, 0.15) is 17.4 Å². The Labute approximate surface area is 92.7 Å². The topological polar surface area (TPSA) is 18.5 Å². The highest BCUT2D eigenvalue weighted by atomic mass is 79.9. The second kappa shape index (κ2) is 5.96. The predicted molar refractivity (Wildman–Crippen MR) is 61.2 cm³/mol. The molecule has 0 heterocycles. The van der Waals surface area contributed by atoms with E-state index in [4.69, 9.17) is 9.47 Å². The van der Waals surface area contributed by atoms with E-state index in [1.54, 1.807) is 14.2 Å². The van der Waals surface area contributed by atoms with Gasteiger partial charge in [0.15, 0.2) is 6.29 Å². The maximum absolute atomic E-state index is 5.14. The van der Waals surface area contributed by atoms with Crippen molar-refractivity contribution < 1.29 is 9.47 Å². The van der Waals surface area contributed by atoms with Gasteiger partial charge in [-0.1, -0.05) is 40.2 Å². The molecule has 76 valence electrons. The summed E-state index contributed by atoms with van der Waals surface area (Å²) in [7, 11) is 3.25. The monoisotopic (exact) mass is 256 g/mol. The molecule has 0 radical (unpaired) electrons. The van der Waals surface area contributed by atoms with Crippen LogP contribution in [-0.4, -0.2) is 14.2 Å². The third-order valence-electron chi connectivity index (χ3n) is 1.89. The summed E-state index contributed by atoms with van der Waals surface area (Å²) in [4.78, 5) is 1.83. The Morgan fingerprint density at radius 2 is 1.71 bits per heavy atom. The van der Waals surface area contributed by atoms with Crippen LogP contribution in [0.25, 0.3) is 6.08 Å². The Morgan fingerprint density at radius 1 is 1.14 bits per heavy atom. The molecule has 0 saturated carbocycles. The fourth-order valence-electron chi connectivity index (χ4n) is 1.21. The first kappa shape index (κ1) is 11.4. The average Bonchev–Trinajstić information content (AvgIpc) is 2.23. The van der Waals surface area contributed by atoms with Crippen LogP contribution in [0.2, 0.25) is 0 Å². The molecular weight excluding hydrogens is 244 g/mol. The van der Waals surface area contributed by atoms with Gasteiger partial charge in [-0.25, -0.2) is 0 Å². The second-order valence-corrected chi connectivity index (χ2v) is 3.29. The van der Waals surface area contributed by atoms with Crippen LogP contribution in [0.4, 0.5) is 0 Å². The van der Waals surface area contributed by atoms with Crippen molar-refractivity contribution in [1.82, 2.24) is 0 Å². The van der Waals surface area contributed by atoms with Gasteiger partial charge in [-0.15, -0.1) is 0 Å². The van der Waals surface area contributed by atoms with Gasteiger partial charge in [-0.05, 0) is 16.6 Å². The van der Waals surface area contributed by atoms with Gasteiger partial charge < -0.3 is 9.47 Å². The van der Waals surface area contributed by atoms with Gasteiger partial charge in [0.2, 0.25) is 0 Å². The fourth-order valence-corrected chi connectivity index (χ4v) is 1.51. The van der Waals surface area contributed by atoms with Gasteiger partial charge in [0, 0.05) is 19.8 Å². The predicted octanol–water partition coefficient (Wildman–Crippen LogP) is 3.34. The van der Waals surface area contributed by atoms with Crippen LogP contribution < -0.4 is 0 Å². The fraction of sp³-hybridized carbons (Fsp3) is 0.273. The zero-order valence-corrected chi connectivity index (χ0v) is 9.82. The van der Waals surface area contributed by atoms with Crippen LogP contribution in [0, 0.1) is 0 Å². The lowest BCUT2D eigenvalue weighted by Crippen LogP contribution is -2.02. The van der Waals surface area contributed by atoms with E-state index in [1.165, 1.54) is 0 Å². The summed E-state index contributed by atoms with van der Waals surface area (Å²) in [5.41, 5.74) is 2.15. The van der Waals surface area contributed by atoms with E-state index in [0.717, 1.165) is 11.1 Å². The highest BCUT2D eigenvalue weighted by molar-refractivity contribution is 9.11. The number of hydrogen-bond donors (Lipinski definition) is 0. The molecule has 0 spiro atoms. The van der Waals surface area contributed by atoms with Crippen LogP contribution in [0.3, 0.4) is 0 Å². The lowest BCUT2D eigenvalue weighted by molar-refractivity contribution is -0.106. The third kappa shape index (κ3) is 2.94. The van der Waals surface area contributed by atoms with E-state index >= 15 is 0 Å². The Balaban J connectivity index is 2.81. The van der Waals surface area contributed by atoms with Crippen molar-refractivity contribution in [2.24, 2.45) is 0 Å². The molecule has 2 nitrogen and oxygen atoms in total. The number of ether oxygens (including phenoxy) is 2. The summed E-state index contributed by atoms with van der Waals surface area (Å²) < 4.78 is 10.3. The van der Waals surface area contributed by atoms with Gasteiger partial charge in [0.25, 0.3) is 0 Å². The summed E-state index contributed by atoms with van der Waals surface area (Å²) in [6.07, 6.45) is 1.69. The molecule has 0 fully saturated rings. The number of methoxy groups -OCH3 is 2. The van der Waals surface area contributed by atoms with Gasteiger partial charge in [0.05, 0.1) is 0 Å². The highest BCUT2D eigenvalue weighted by Crippen LogP contribution is 2.18. The SMILES string of the molecule is COC(OC)c1ccc(/C=C/Br)cc1. The highest BCUT2D eigenvalue weighted by Gasteiger charge is 2.06. The van der Waals surface area contributed by atoms with Gasteiger partial charge >= 0.3 is 0 Å². The number of halogens is 1. The van der Waals surface area contributed by atoms with Crippen LogP contribution in [0.15, 0.2) is 29.3 Å². The first-order valence-electron chi connectivity index (χ1n) is 4.24. The molecule has 1 aromatic rings. The maximum atomic E-state index is 5.14. The van der Waals surface area contributed by atoms with Crippen molar-refractivity contribution in [2.45, 2.75) is 6.29 Å². The molecule has 0 aromatic heterocycles. The number of rotatable bonds is 4. The quantitative estimate of drug-likeness (QED) is 0.770. The molecular formula is C11H13BrO2. The Morgan fingerprint density at radius 3 is 2.14 bits per heavy atom. The van der Waals surface area contributed by atoms with E-state index in [-0.39, 0.29) is 6.29 Å². The van der Waals surface area contributed by atoms with Crippen molar-refractivity contribution in [3.8, 4) is 0 Å². The lowest BCUT2D eigenvalue weighted by Gasteiger charge is -2.13. The minimum absolute atomic E-state index is 0.281. The summed E-state index contributed by atoms with van der Waals surface area (Å²) in [5, 5.41) is 0. The van der Waals surface area contributed by atoms with Crippen molar-refractivity contribution in [3.05, 3.63) is 40.4 Å². The van der Waals surface area contributed by atoms with E-state index in [0.29, 0.717) is 0 Å². The summed E-state index contributed by atoms with van der Waals surface area (Å²) in [6, 6.07) is 8.00. The summed E-state index contributed by atoms with van der Waals surface area (Å²) in [6.45, 7) is 0. The molecule has 1 rings (SSSR count). The van der Waals surface area contributed by atoms with E-state index < -0.39 is 0 Å². The molecule has 0 aliphatic carbocycles. The zero-order chi connectivity index (χ0) is 10.4. The molecule has 1 aromatic carbocycles. The largest absolute Gasteiger partial charge is 0.352 e. The Kier molecular flexibility index (Phi) is 4.87. The van der Waals surface area contributed by atoms with Crippen LogP contribution in [0.5, 0.6) is 0 Å².